The normalized spacial score (nSPS) is 22.6. The molecule has 0 unspecified atom stereocenters. The van der Waals surface area contributed by atoms with Gasteiger partial charge in [-0.1, -0.05) is 6.92 Å². The number of ether oxygens (including phenoxy) is 1. The highest BCUT2D eigenvalue weighted by Gasteiger charge is 2.32. The second-order valence-electron chi connectivity index (χ2n) is 5.01. The summed E-state index contributed by atoms with van der Waals surface area (Å²) in [6.45, 7) is 2.81. The van der Waals surface area contributed by atoms with Crippen LogP contribution in [0.15, 0.2) is 12.3 Å². The van der Waals surface area contributed by atoms with E-state index in [2.05, 4.69) is 12.2 Å². The van der Waals surface area contributed by atoms with Crippen LogP contribution in [0, 0.1) is 5.92 Å². The van der Waals surface area contributed by atoms with Crippen LogP contribution in [0.3, 0.4) is 0 Å². The van der Waals surface area contributed by atoms with Crippen molar-refractivity contribution in [3.8, 4) is 0 Å². The van der Waals surface area contributed by atoms with E-state index < -0.39 is 0 Å². The van der Waals surface area contributed by atoms with Crippen molar-refractivity contribution in [3.63, 3.8) is 0 Å². The molecule has 0 bridgehead atoms. The Morgan fingerprint density at radius 1 is 1.56 bits per heavy atom. The molecule has 0 saturated heterocycles. The zero-order valence-corrected chi connectivity index (χ0v) is 11.4. The molecule has 0 aromatic carbocycles. The summed E-state index contributed by atoms with van der Waals surface area (Å²) in [5, 5.41) is 3.12. The van der Waals surface area contributed by atoms with Crippen LogP contribution in [-0.4, -0.2) is 30.2 Å². The van der Waals surface area contributed by atoms with E-state index in [0.717, 1.165) is 37.1 Å². The first kappa shape index (κ1) is 13.1. The molecule has 0 radical (unpaired) electrons. The molecule has 4 nitrogen and oxygen atoms in total. The van der Waals surface area contributed by atoms with Crippen molar-refractivity contribution in [3.05, 3.63) is 23.5 Å². The molecule has 0 aliphatic heterocycles. The maximum atomic E-state index is 12.2. The lowest BCUT2D eigenvalue weighted by molar-refractivity contribution is 0.0670. The van der Waals surface area contributed by atoms with Gasteiger partial charge in [-0.2, -0.15) is 0 Å². The fraction of sp³-hybridized carbons (Fsp3) is 0.643. The van der Waals surface area contributed by atoms with Crippen molar-refractivity contribution in [2.24, 2.45) is 13.0 Å². The van der Waals surface area contributed by atoms with Gasteiger partial charge in [0.15, 0.2) is 0 Å². The van der Waals surface area contributed by atoms with Gasteiger partial charge in [0.2, 0.25) is 0 Å². The van der Waals surface area contributed by atoms with E-state index in [1.807, 2.05) is 23.9 Å². The Hall–Kier alpha value is -1.29. The maximum Gasteiger partial charge on any atom is 0.253 e. The summed E-state index contributed by atoms with van der Waals surface area (Å²) in [5.74, 6) is 0.533. The van der Waals surface area contributed by atoms with E-state index in [0.29, 0.717) is 5.92 Å². The summed E-state index contributed by atoms with van der Waals surface area (Å²) in [7, 11) is 3.69. The van der Waals surface area contributed by atoms with Gasteiger partial charge in [0.25, 0.3) is 5.91 Å². The van der Waals surface area contributed by atoms with E-state index in [1.165, 1.54) is 0 Å². The number of nitrogens with one attached hydrogen (secondary N) is 1. The van der Waals surface area contributed by atoms with Gasteiger partial charge in [-0.3, -0.25) is 4.79 Å². The van der Waals surface area contributed by atoms with Crippen molar-refractivity contribution < 1.29 is 9.53 Å². The number of aromatic nitrogens is 1. The monoisotopic (exact) mass is 250 g/mol. The first-order valence-corrected chi connectivity index (χ1v) is 6.61. The molecule has 1 aromatic rings. The van der Waals surface area contributed by atoms with Gasteiger partial charge >= 0.3 is 0 Å². The highest BCUT2D eigenvalue weighted by atomic mass is 16.5. The minimum Gasteiger partial charge on any atom is -0.384 e. The van der Waals surface area contributed by atoms with Gasteiger partial charge in [0, 0.05) is 38.0 Å². The predicted molar refractivity (Wildman–Crippen MR) is 70.6 cm³/mol. The van der Waals surface area contributed by atoms with E-state index in [1.54, 1.807) is 7.11 Å². The molecule has 1 amide bonds. The van der Waals surface area contributed by atoms with E-state index in [9.17, 15) is 4.79 Å². The smallest absolute Gasteiger partial charge is 0.253 e. The van der Waals surface area contributed by atoms with Crippen molar-refractivity contribution in [1.29, 1.82) is 0 Å². The Labute approximate surface area is 108 Å². The number of hydrogen-bond acceptors (Lipinski definition) is 2. The molecular weight excluding hydrogens is 228 g/mol. The molecule has 1 saturated carbocycles. The number of hydrogen-bond donors (Lipinski definition) is 1. The number of carbonyl (C=O) groups excluding carboxylic acids is 1. The van der Waals surface area contributed by atoms with Crippen LogP contribution in [0.25, 0.3) is 0 Å². The molecule has 4 heteroatoms. The van der Waals surface area contributed by atoms with Crippen LogP contribution < -0.4 is 5.32 Å². The number of nitrogens with zero attached hydrogens (tertiary/aromatic N) is 1. The quantitative estimate of drug-likeness (QED) is 0.865. The summed E-state index contributed by atoms with van der Waals surface area (Å²) in [6, 6.07) is 2.18. The molecule has 1 aliphatic carbocycles. The van der Waals surface area contributed by atoms with Crippen molar-refractivity contribution >= 4 is 5.91 Å². The van der Waals surface area contributed by atoms with E-state index >= 15 is 0 Å². The summed E-state index contributed by atoms with van der Waals surface area (Å²) in [4.78, 5) is 12.2. The highest BCUT2D eigenvalue weighted by molar-refractivity contribution is 5.95. The number of rotatable bonds is 5. The molecule has 2 rings (SSSR count). The Bertz CT molecular complexity index is 425. The molecule has 100 valence electrons. The zero-order valence-electron chi connectivity index (χ0n) is 11.4. The van der Waals surface area contributed by atoms with Gasteiger partial charge in [-0.15, -0.1) is 0 Å². The summed E-state index contributed by atoms with van der Waals surface area (Å²) in [6.07, 6.45) is 5.03. The van der Waals surface area contributed by atoms with E-state index in [-0.39, 0.29) is 11.9 Å². The van der Waals surface area contributed by atoms with Crippen LogP contribution in [-0.2, 0) is 18.2 Å². The predicted octanol–water partition coefficient (Wildman–Crippen LogP) is 1.74. The average Bonchev–Trinajstić information content (AvgIpc) is 2.72. The lowest BCUT2D eigenvalue weighted by atomic mass is 9.80. The van der Waals surface area contributed by atoms with E-state index in [4.69, 9.17) is 4.74 Å². The van der Waals surface area contributed by atoms with Crippen LogP contribution in [0.4, 0.5) is 0 Å². The van der Waals surface area contributed by atoms with Crippen molar-refractivity contribution in [1.82, 2.24) is 9.88 Å². The second-order valence-corrected chi connectivity index (χ2v) is 5.01. The Balaban J connectivity index is 1.99. The molecule has 1 aliphatic rings. The maximum absolute atomic E-state index is 12.2. The van der Waals surface area contributed by atoms with Crippen molar-refractivity contribution in [2.75, 3.05) is 13.7 Å². The first-order valence-electron chi connectivity index (χ1n) is 6.61. The summed E-state index contributed by atoms with van der Waals surface area (Å²) in [5.41, 5.74) is 1.90. The molecule has 2 atom stereocenters. The minimum absolute atomic E-state index is 0.0539. The summed E-state index contributed by atoms with van der Waals surface area (Å²) >= 11 is 0. The highest BCUT2D eigenvalue weighted by Crippen LogP contribution is 2.28. The minimum atomic E-state index is 0.0539. The molecule has 1 heterocycles. The first-order chi connectivity index (χ1) is 8.67. The molecule has 1 N–H and O–H groups in total. The van der Waals surface area contributed by atoms with Gasteiger partial charge in [-0.05, 0) is 25.3 Å². The number of carbonyl (C=O) groups is 1. The molecule has 0 spiro atoms. The number of aryl methyl sites for hydroxylation is 1. The van der Waals surface area contributed by atoms with Gasteiger partial charge in [0.1, 0.15) is 0 Å². The zero-order chi connectivity index (χ0) is 13.1. The fourth-order valence-electron chi connectivity index (χ4n) is 2.63. The van der Waals surface area contributed by atoms with Crippen LogP contribution in [0.1, 0.15) is 35.8 Å². The largest absolute Gasteiger partial charge is 0.384 e. The number of amides is 1. The SMILES string of the molecule is CCc1c(C(=O)N[C@@H]2CC[C@@H]2COC)ccn1C. The third kappa shape index (κ3) is 2.43. The third-order valence-electron chi connectivity index (χ3n) is 3.90. The van der Waals surface area contributed by atoms with Gasteiger partial charge in [0.05, 0.1) is 12.2 Å². The standard InChI is InChI=1S/C14H22N2O2/c1-4-13-11(7-8-16(13)2)14(17)15-12-6-5-10(12)9-18-3/h7-8,10,12H,4-6,9H2,1-3H3,(H,15,17)/t10-,12-/m1/s1. The lowest BCUT2D eigenvalue weighted by Gasteiger charge is -2.36. The van der Waals surface area contributed by atoms with Gasteiger partial charge < -0.3 is 14.6 Å². The third-order valence-corrected chi connectivity index (χ3v) is 3.90. The molecule has 1 fully saturated rings. The lowest BCUT2D eigenvalue weighted by Crippen LogP contribution is -2.48. The molecule has 1 aromatic heterocycles. The molecular formula is C14H22N2O2. The number of methoxy groups -OCH3 is 1. The van der Waals surface area contributed by atoms with Crippen LogP contribution in [0.5, 0.6) is 0 Å². The van der Waals surface area contributed by atoms with Crippen LogP contribution in [0.2, 0.25) is 0 Å². The summed E-state index contributed by atoms with van der Waals surface area (Å²) < 4.78 is 7.17. The average molecular weight is 250 g/mol. The van der Waals surface area contributed by atoms with Crippen molar-refractivity contribution in [2.45, 2.75) is 32.2 Å². The Morgan fingerprint density at radius 3 is 2.89 bits per heavy atom. The Morgan fingerprint density at radius 2 is 2.33 bits per heavy atom. The fourth-order valence-corrected chi connectivity index (χ4v) is 2.63. The second kappa shape index (κ2) is 5.57. The topological polar surface area (TPSA) is 43.3 Å². The van der Waals surface area contributed by atoms with Gasteiger partial charge in [-0.25, -0.2) is 0 Å². The molecule has 18 heavy (non-hydrogen) atoms. The van der Waals surface area contributed by atoms with Crippen LogP contribution >= 0.6 is 0 Å². The Kier molecular flexibility index (Phi) is 4.07.